The summed E-state index contributed by atoms with van der Waals surface area (Å²) in [6.07, 6.45) is -1.71. The summed E-state index contributed by atoms with van der Waals surface area (Å²) in [7, 11) is 0. The Morgan fingerprint density at radius 1 is 1.06 bits per heavy atom. The summed E-state index contributed by atoms with van der Waals surface area (Å²) in [6, 6.07) is 13.3. The first-order valence-electron chi connectivity index (χ1n) is 10.6. The molecule has 2 aliphatic heterocycles. The Bertz CT molecular complexity index is 1080. The first-order chi connectivity index (χ1) is 15.8. The molecule has 2 aromatic carbocycles. The minimum Gasteiger partial charge on any atom is -0.384 e. The van der Waals surface area contributed by atoms with Gasteiger partial charge in [-0.25, -0.2) is 0 Å². The van der Waals surface area contributed by atoms with Crippen molar-refractivity contribution in [1.29, 1.82) is 5.41 Å². The molecule has 11 heteroatoms. The Morgan fingerprint density at radius 3 is 2.24 bits per heavy atom. The van der Waals surface area contributed by atoms with Gasteiger partial charge >= 0.3 is 0 Å². The first kappa shape index (κ1) is 25.2. The largest absolute Gasteiger partial charge is 0.384 e. The lowest BCUT2D eigenvalue weighted by Crippen LogP contribution is -2.55. The Hall–Kier alpha value is -3.47. The normalized spacial score (nSPS) is 18.9. The molecule has 0 bridgehead atoms. The molecule has 180 valence electrons. The van der Waals surface area contributed by atoms with Gasteiger partial charge in [-0.2, -0.15) is 0 Å². The van der Waals surface area contributed by atoms with E-state index in [4.69, 9.17) is 15.9 Å². The topological polar surface area (TPSA) is 149 Å². The molecule has 2 atom stereocenters. The van der Waals surface area contributed by atoms with Crippen molar-refractivity contribution in [3.63, 3.8) is 0 Å². The summed E-state index contributed by atoms with van der Waals surface area (Å²) in [6.45, 7) is 1.11. The molecule has 4 rings (SSSR count). The molecule has 34 heavy (non-hydrogen) atoms. The number of halogens is 1. The van der Waals surface area contributed by atoms with Crippen molar-refractivity contribution in [2.45, 2.75) is 25.0 Å². The molecule has 2 saturated heterocycles. The second-order valence-electron chi connectivity index (χ2n) is 7.87. The fourth-order valence-corrected chi connectivity index (χ4v) is 3.91. The maximum Gasteiger partial charge on any atom is 0.259 e. The maximum absolute atomic E-state index is 13.0. The van der Waals surface area contributed by atoms with Crippen molar-refractivity contribution in [2.75, 3.05) is 34.8 Å². The predicted octanol–water partition coefficient (Wildman–Crippen LogP) is 1.25. The number of morpholine rings is 1. The third-order valence-corrected chi connectivity index (χ3v) is 5.69. The number of ether oxygens (including phenoxy) is 1. The molecule has 2 fully saturated rings. The minimum absolute atomic E-state index is 0. The number of nitrogens with zero attached hydrogens (tertiary/aromatic N) is 2. The number of amides is 3. The van der Waals surface area contributed by atoms with Crippen molar-refractivity contribution >= 4 is 53.0 Å². The van der Waals surface area contributed by atoms with E-state index in [-0.39, 0.29) is 37.3 Å². The molecule has 0 unspecified atom stereocenters. The van der Waals surface area contributed by atoms with Crippen molar-refractivity contribution in [3.05, 3.63) is 54.1 Å². The monoisotopic (exact) mass is 487 g/mol. The summed E-state index contributed by atoms with van der Waals surface area (Å²) >= 11 is 0. The van der Waals surface area contributed by atoms with Gasteiger partial charge in [-0.1, -0.05) is 0 Å². The lowest BCUT2D eigenvalue weighted by Gasteiger charge is -2.34. The highest BCUT2D eigenvalue weighted by molar-refractivity contribution is 6.04. The number of nitrogen functional groups attached to an aromatic ring is 1. The van der Waals surface area contributed by atoms with Crippen LogP contribution in [-0.2, 0) is 19.1 Å². The van der Waals surface area contributed by atoms with Crippen LogP contribution in [0.4, 0.5) is 17.1 Å². The Morgan fingerprint density at radius 2 is 1.68 bits per heavy atom. The van der Waals surface area contributed by atoms with E-state index < -0.39 is 24.0 Å². The molecular weight excluding hydrogens is 462 g/mol. The summed E-state index contributed by atoms with van der Waals surface area (Å²) in [5.74, 6) is -1.33. The lowest BCUT2D eigenvalue weighted by atomic mass is 10.1. The van der Waals surface area contributed by atoms with Crippen molar-refractivity contribution in [2.24, 2.45) is 5.73 Å². The SMILES string of the molecule is Cl.N=C(N)c1ccc(NC(=O)[C@H](O)[C@H]2OCCN(c3ccc(N4CCCC4=O)cc3)C2=O)cc1. The molecule has 0 saturated carbocycles. The summed E-state index contributed by atoms with van der Waals surface area (Å²) < 4.78 is 5.43. The predicted molar refractivity (Wildman–Crippen MR) is 129 cm³/mol. The van der Waals surface area contributed by atoms with Gasteiger partial charge in [0.15, 0.2) is 12.2 Å². The van der Waals surface area contributed by atoms with Gasteiger partial charge in [-0.05, 0) is 55.0 Å². The van der Waals surface area contributed by atoms with Gasteiger partial charge in [0.25, 0.3) is 11.8 Å². The van der Waals surface area contributed by atoms with E-state index in [1.54, 1.807) is 53.4 Å². The van der Waals surface area contributed by atoms with Gasteiger partial charge in [0.2, 0.25) is 5.91 Å². The zero-order chi connectivity index (χ0) is 23.5. The fraction of sp³-hybridized carbons (Fsp3) is 0.304. The number of carbonyl (C=O) groups excluding carboxylic acids is 3. The number of amidine groups is 1. The molecular formula is C23H26ClN5O5. The summed E-state index contributed by atoms with van der Waals surface area (Å²) in [4.78, 5) is 40.6. The lowest BCUT2D eigenvalue weighted by molar-refractivity contribution is -0.150. The minimum atomic E-state index is -1.71. The van der Waals surface area contributed by atoms with E-state index in [0.717, 1.165) is 12.1 Å². The summed E-state index contributed by atoms with van der Waals surface area (Å²) in [5.41, 5.74) is 7.66. The highest BCUT2D eigenvalue weighted by Crippen LogP contribution is 2.26. The number of carbonyl (C=O) groups is 3. The van der Waals surface area contributed by atoms with Crippen molar-refractivity contribution in [1.82, 2.24) is 0 Å². The number of rotatable bonds is 6. The van der Waals surface area contributed by atoms with Crippen LogP contribution in [-0.4, -0.2) is 60.6 Å². The Balaban J connectivity index is 0.00000324. The number of aliphatic hydroxyl groups excluding tert-OH is 1. The van der Waals surface area contributed by atoms with E-state index in [2.05, 4.69) is 5.32 Å². The van der Waals surface area contributed by atoms with Crippen LogP contribution in [0.5, 0.6) is 0 Å². The molecule has 2 aliphatic rings. The van der Waals surface area contributed by atoms with Crippen LogP contribution < -0.4 is 20.9 Å². The van der Waals surface area contributed by atoms with Crippen LogP contribution in [0.3, 0.4) is 0 Å². The van der Waals surface area contributed by atoms with E-state index >= 15 is 0 Å². The second-order valence-corrected chi connectivity index (χ2v) is 7.87. The Kier molecular flexibility index (Phi) is 7.87. The maximum atomic E-state index is 13.0. The third kappa shape index (κ3) is 5.19. The number of aliphatic hydroxyl groups is 1. The van der Waals surface area contributed by atoms with E-state index in [0.29, 0.717) is 29.9 Å². The zero-order valence-electron chi connectivity index (χ0n) is 18.3. The van der Waals surface area contributed by atoms with Crippen LogP contribution in [0.15, 0.2) is 48.5 Å². The van der Waals surface area contributed by atoms with Crippen molar-refractivity contribution < 1.29 is 24.2 Å². The molecule has 2 heterocycles. The molecule has 10 nitrogen and oxygen atoms in total. The number of hydrogen-bond donors (Lipinski definition) is 4. The van der Waals surface area contributed by atoms with Crippen LogP contribution in [0, 0.1) is 5.41 Å². The molecule has 0 spiro atoms. The zero-order valence-corrected chi connectivity index (χ0v) is 19.1. The quantitative estimate of drug-likeness (QED) is 0.356. The van der Waals surface area contributed by atoms with Gasteiger partial charge in [0, 0.05) is 42.1 Å². The van der Waals surface area contributed by atoms with E-state index in [9.17, 15) is 19.5 Å². The number of nitrogens with two attached hydrogens (primary N) is 1. The van der Waals surface area contributed by atoms with Crippen LogP contribution in [0.1, 0.15) is 18.4 Å². The highest BCUT2D eigenvalue weighted by Gasteiger charge is 2.39. The van der Waals surface area contributed by atoms with Crippen molar-refractivity contribution in [3.8, 4) is 0 Å². The smallest absolute Gasteiger partial charge is 0.259 e. The molecule has 0 radical (unpaired) electrons. The molecule has 0 aromatic heterocycles. The number of nitrogens with one attached hydrogen (secondary N) is 2. The molecule has 3 amide bonds. The number of anilines is 3. The second kappa shape index (κ2) is 10.6. The number of hydrogen-bond acceptors (Lipinski definition) is 6. The van der Waals surface area contributed by atoms with Gasteiger partial charge < -0.3 is 30.7 Å². The van der Waals surface area contributed by atoms with Gasteiger partial charge in [-0.3, -0.25) is 19.8 Å². The molecule has 2 aromatic rings. The van der Waals surface area contributed by atoms with Crippen LogP contribution in [0.2, 0.25) is 0 Å². The average molecular weight is 488 g/mol. The molecule has 0 aliphatic carbocycles. The van der Waals surface area contributed by atoms with E-state index in [1.807, 2.05) is 0 Å². The van der Waals surface area contributed by atoms with Gasteiger partial charge in [0.05, 0.1) is 6.61 Å². The third-order valence-electron chi connectivity index (χ3n) is 5.69. The van der Waals surface area contributed by atoms with E-state index in [1.165, 1.54) is 4.90 Å². The van der Waals surface area contributed by atoms with Crippen LogP contribution in [0.25, 0.3) is 0 Å². The summed E-state index contributed by atoms with van der Waals surface area (Å²) in [5, 5.41) is 20.5. The standard InChI is InChI=1S/C23H25N5O5.ClH/c24-21(25)14-3-5-15(6-4-14)26-22(31)19(30)20-23(32)28(12-13-33-20)17-9-7-16(8-10-17)27-11-1-2-18(27)29;/h3-10,19-20,30H,1-2,11-13H2,(H3,24,25)(H,26,31);1H/t19-,20-;/m1./s1. The Labute approximate surface area is 202 Å². The number of benzene rings is 2. The van der Waals surface area contributed by atoms with Gasteiger partial charge in [0.1, 0.15) is 5.84 Å². The van der Waals surface area contributed by atoms with Crippen LogP contribution >= 0.6 is 12.4 Å². The van der Waals surface area contributed by atoms with Gasteiger partial charge in [-0.15, -0.1) is 12.4 Å². The first-order valence-corrected chi connectivity index (χ1v) is 10.6. The molecule has 5 N–H and O–H groups in total. The highest BCUT2D eigenvalue weighted by atomic mass is 35.5. The average Bonchev–Trinajstić information content (AvgIpc) is 3.25. The fourth-order valence-electron chi connectivity index (χ4n) is 3.91.